The molecule has 0 aliphatic carbocycles. The molecule has 1 fully saturated rings. The standard InChI is InChI=1S/C28H35N9O/c1-19-7-8-22(30-27(38)24-13-20(2)37(32-24)28(3,4)5)15-26(19)36-18-25(31-33-36)21-14-23(17-29-16-21)35-11-9-34(6)10-12-35/h7-8,13-18H,9-12H2,1-6H3,(H,30,38). The van der Waals surface area contributed by atoms with E-state index in [1.165, 1.54) is 0 Å². The Hall–Kier alpha value is -4.05. The number of nitrogens with one attached hydrogen (secondary N) is 1. The molecule has 38 heavy (non-hydrogen) atoms. The maximum absolute atomic E-state index is 13.0. The summed E-state index contributed by atoms with van der Waals surface area (Å²) in [5, 5.41) is 16.3. The summed E-state index contributed by atoms with van der Waals surface area (Å²) in [6, 6.07) is 9.67. The zero-order valence-electron chi connectivity index (χ0n) is 22.9. The second-order valence-electron chi connectivity index (χ2n) is 11.0. The van der Waals surface area contributed by atoms with Gasteiger partial charge in [-0.15, -0.1) is 5.10 Å². The number of anilines is 2. The van der Waals surface area contributed by atoms with Gasteiger partial charge in [-0.1, -0.05) is 11.3 Å². The third kappa shape index (κ3) is 5.31. The SMILES string of the molecule is Cc1ccc(NC(=O)c2cc(C)n(C(C)(C)C)n2)cc1-n1cc(-c2cncc(N3CCN(C)CC3)c2)nn1. The van der Waals surface area contributed by atoms with Crippen LogP contribution in [0.15, 0.2) is 48.9 Å². The zero-order chi connectivity index (χ0) is 27.0. The van der Waals surface area contributed by atoms with E-state index in [-0.39, 0.29) is 11.4 Å². The molecule has 4 aromatic rings. The Balaban J connectivity index is 1.35. The van der Waals surface area contributed by atoms with E-state index in [4.69, 9.17) is 0 Å². The van der Waals surface area contributed by atoms with Crippen molar-refractivity contribution in [1.29, 1.82) is 0 Å². The molecule has 0 spiro atoms. The van der Waals surface area contributed by atoms with E-state index in [0.717, 1.165) is 60.1 Å². The van der Waals surface area contributed by atoms with E-state index in [0.29, 0.717) is 11.4 Å². The second-order valence-corrected chi connectivity index (χ2v) is 11.0. The predicted octanol–water partition coefficient (Wildman–Crippen LogP) is 3.90. The van der Waals surface area contributed by atoms with Crippen molar-refractivity contribution in [3.8, 4) is 16.9 Å². The molecule has 1 saturated heterocycles. The maximum atomic E-state index is 13.0. The van der Waals surface area contributed by atoms with Crippen LogP contribution in [-0.4, -0.2) is 73.8 Å². The summed E-state index contributed by atoms with van der Waals surface area (Å²) in [5.74, 6) is -0.253. The summed E-state index contributed by atoms with van der Waals surface area (Å²) in [5.41, 5.74) is 6.38. The first-order chi connectivity index (χ1) is 18.1. The molecule has 1 N–H and O–H groups in total. The summed E-state index contributed by atoms with van der Waals surface area (Å²) >= 11 is 0. The van der Waals surface area contributed by atoms with Gasteiger partial charge in [-0.3, -0.25) is 14.5 Å². The Morgan fingerprint density at radius 3 is 2.47 bits per heavy atom. The van der Waals surface area contributed by atoms with Crippen molar-refractivity contribution in [2.75, 3.05) is 43.4 Å². The lowest BCUT2D eigenvalue weighted by molar-refractivity contribution is 0.102. The lowest BCUT2D eigenvalue weighted by Gasteiger charge is -2.33. The minimum atomic E-state index is -0.253. The smallest absolute Gasteiger partial charge is 0.276 e. The van der Waals surface area contributed by atoms with Gasteiger partial charge in [-0.25, -0.2) is 4.68 Å². The minimum Gasteiger partial charge on any atom is -0.368 e. The minimum absolute atomic E-state index is 0.204. The lowest BCUT2D eigenvalue weighted by Crippen LogP contribution is -2.44. The number of rotatable bonds is 5. The molecule has 1 aliphatic heterocycles. The Labute approximate surface area is 223 Å². The number of nitrogens with zero attached hydrogens (tertiary/aromatic N) is 8. The number of carbonyl (C=O) groups is 1. The third-order valence-corrected chi connectivity index (χ3v) is 6.85. The largest absolute Gasteiger partial charge is 0.368 e. The van der Waals surface area contributed by atoms with Crippen LogP contribution in [0.25, 0.3) is 16.9 Å². The van der Waals surface area contributed by atoms with Crippen molar-refractivity contribution >= 4 is 17.3 Å². The van der Waals surface area contributed by atoms with Gasteiger partial charge in [0.2, 0.25) is 0 Å². The average molecular weight is 514 g/mol. The summed E-state index contributed by atoms with van der Waals surface area (Å²) < 4.78 is 3.61. The Kier molecular flexibility index (Phi) is 6.75. The van der Waals surface area contributed by atoms with Crippen LogP contribution in [0.1, 0.15) is 42.5 Å². The molecule has 10 nitrogen and oxygen atoms in total. The van der Waals surface area contributed by atoms with Gasteiger partial charge in [0.1, 0.15) is 5.69 Å². The summed E-state index contributed by atoms with van der Waals surface area (Å²) in [4.78, 5) is 22.1. The summed E-state index contributed by atoms with van der Waals surface area (Å²) in [7, 11) is 2.15. The number of hydrogen-bond acceptors (Lipinski definition) is 7. The average Bonchev–Trinajstić information content (AvgIpc) is 3.53. The van der Waals surface area contributed by atoms with Crippen molar-refractivity contribution in [3.63, 3.8) is 0 Å². The molecule has 4 heterocycles. The highest BCUT2D eigenvalue weighted by Crippen LogP contribution is 2.25. The van der Waals surface area contributed by atoms with Crippen LogP contribution in [0.5, 0.6) is 0 Å². The maximum Gasteiger partial charge on any atom is 0.276 e. The van der Waals surface area contributed by atoms with Gasteiger partial charge in [0.15, 0.2) is 5.69 Å². The molecular weight excluding hydrogens is 478 g/mol. The van der Waals surface area contributed by atoms with Crippen LogP contribution in [0.3, 0.4) is 0 Å². The van der Waals surface area contributed by atoms with E-state index in [1.54, 1.807) is 4.68 Å². The number of aryl methyl sites for hydroxylation is 2. The predicted molar refractivity (Wildman–Crippen MR) is 149 cm³/mol. The molecule has 0 radical (unpaired) electrons. The highest BCUT2D eigenvalue weighted by molar-refractivity contribution is 6.03. The lowest BCUT2D eigenvalue weighted by atomic mass is 10.1. The van der Waals surface area contributed by atoms with Gasteiger partial charge < -0.3 is 15.1 Å². The number of pyridine rings is 1. The summed E-state index contributed by atoms with van der Waals surface area (Å²) in [6.45, 7) is 14.2. The fraction of sp³-hybridized carbons (Fsp3) is 0.393. The van der Waals surface area contributed by atoms with E-state index in [9.17, 15) is 4.79 Å². The molecule has 0 atom stereocenters. The zero-order valence-corrected chi connectivity index (χ0v) is 22.9. The Morgan fingerprint density at radius 2 is 1.76 bits per heavy atom. The van der Waals surface area contributed by atoms with Crippen LogP contribution >= 0.6 is 0 Å². The van der Waals surface area contributed by atoms with Gasteiger partial charge in [0.05, 0.1) is 29.3 Å². The Bertz CT molecular complexity index is 1460. The number of piperazine rings is 1. The first-order valence-electron chi connectivity index (χ1n) is 12.9. The number of likely N-dealkylation sites (N-methyl/N-ethyl adjacent to an activating group) is 1. The van der Waals surface area contributed by atoms with Crippen LogP contribution in [0.2, 0.25) is 0 Å². The number of amides is 1. The molecule has 1 aliphatic rings. The van der Waals surface area contributed by atoms with Crippen LogP contribution < -0.4 is 10.2 Å². The monoisotopic (exact) mass is 513 g/mol. The highest BCUT2D eigenvalue weighted by atomic mass is 16.2. The number of benzene rings is 1. The van der Waals surface area contributed by atoms with E-state index < -0.39 is 0 Å². The molecular formula is C28H35N9O. The molecule has 10 heteroatoms. The van der Waals surface area contributed by atoms with Crippen molar-refractivity contribution in [2.24, 2.45) is 0 Å². The second kappa shape index (κ2) is 10.0. The molecule has 0 saturated carbocycles. The van der Waals surface area contributed by atoms with Gasteiger partial charge in [-0.05, 0) is 71.5 Å². The number of hydrogen-bond donors (Lipinski definition) is 1. The molecule has 0 bridgehead atoms. The fourth-order valence-corrected chi connectivity index (χ4v) is 4.71. The molecule has 1 amide bonds. The van der Waals surface area contributed by atoms with Gasteiger partial charge in [-0.2, -0.15) is 5.10 Å². The van der Waals surface area contributed by atoms with Gasteiger partial charge in [0, 0.05) is 49.3 Å². The topological polar surface area (TPSA) is 97.0 Å². The number of carbonyl (C=O) groups excluding carboxylic acids is 1. The first kappa shape index (κ1) is 25.6. The van der Waals surface area contributed by atoms with Crippen LogP contribution in [0.4, 0.5) is 11.4 Å². The van der Waals surface area contributed by atoms with Gasteiger partial charge >= 0.3 is 0 Å². The quantitative estimate of drug-likeness (QED) is 0.432. The van der Waals surface area contributed by atoms with Crippen molar-refractivity contribution in [1.82, 2.24) is 34.7 Å². The van der Waals surface area contributed by atoms with E-state index >= 15 is 0 Å². The number of aromatic nitrogens is 6. The first-order valence-corrected chi connectivity index (χ1v) is 12.9. The third-order valence-electron chi connectivity index (χ3n) is 6.85. The van der Waals surface area contributed by atoms with Crippen molar-refractivity contribution in [3.05, 3.63) is 65.9 Å². The molecule has 5 rings (SSSR count). The van der Waals surface area contributed by atoms with E-state index in [2.05, 4.69) is 69.4 Å². The fourth-order valence-electron chi connectivity index (χ4n) is 4.71. The molecule has 1 aromatic carbocycles. The van der Waals surface area contributed by atoms with Crippen molar-refractivity contribution in [2.45, 2.75) is 40.2 Å². The summed E-state index contributed by atoms with van der Waals surface area (Å²) in [6.07, 6.45) is 5.62. The highest BCUT2D eigenvalue weighted by Gasteiger charge is 2.21. The Morgan fingerprint density at radius 1 is 1.00 bits per heavy atom. The van der Waals surface area contributed by atoms with Crippen LogP contribution in [0, 0.1) is 13.8 Å². The molecule has 3 aromatic heterocycles. The van der Waals surface area contributed by atoms with Crippen LogP contribution in [-0.2, 0) is 5.54 Å². The molecule has 0 unspecified atom stereocenters. The van der Waals surface area contributed by atoms with Gasteiger partial charge in [0.25, 0.3) is 5.91 Å². The molecule has 198 valence electrons. The van der Waals surface area contributed by atoms with Crippen molar-refractivity contribution < 1.29 is 4.79 Å². The van der Waals surface area contributed by atoms with E-state index in [1.807, 2.05) is 61.4 Å². The normalized spacial score (nSPS) is 14.6.